The van der Waals surface area contributed by atoms with Crippen LogP contribution in [0.1, 0.15) is 82.4 Å². The zero-order valence-electron chi connectivity index (χ0n) is 52.9. The van der Waals surface area contributed by atoms with Crippen molar-refractivity contribution in [1.82, 2.24) is 57.7 Å². The maximum absolute atomic E-state index is 15.1. The summed E-state index contributed by atoms with van der Waals surface area (Å²) in [5.74, 6) is -16.1. The number of carbonyl (C=O) groups is 13. The smallest absolute Gasteiger partial charge is 0.326 e. The summed E-state index contributed by atoms with van der Waals surface area (Å²) in [6, 6.07) is 3.54. The molecule has 96 heavy (non-hydrogen) atoms. The molecule has 520 valence electrons. The summed E-state index contributed by atoms with van der Waals surface area (Å²) in [6.45, 7) is 4.15. The molecule has 4 aromatic rings. The van der Waals surface area contributed by atoms with Crippen LogP contribution in [0.15, 0.2) is 85.1 Å². The van der Waals surface area contributed by atoms with Crippen LogP contribution in [0.3, 0.4) is 0 Å². The predicted octanol–water partition coefficient (Wildman–Crippen LogP) is -1.82. The lowest BCUT2D eigenvalue weighted by molar-refractivity contribution is -0.145. The number of aromatic nitrogens is 1. The molecular formula is C63H83N13O18S2. The minimum Gasteiger partial charge on any atom is -0.508 e. The molecule has 31 nitrogen and oxygen atoms in total. The maximum Gasteiger partial charge on any atom is 0.326 e. The maximum atomic E-state index is 15.1. The van der Waals surface area contributed by atoms with E-state index in [1.807, 2.05) is 0 Å². The van der Waals surface area contributed by atoms with Crippen LogP contribution in [0.2, 0.25) is 0 Å². The van der Waals surface area contributed by atoms with Crippen molar-refractivity contribution in [3.63, 3.8) is 0 Å². The van der Waals surface area contributed by atoms with Gasteiger partial charge in [0, 0.05) is 60.8 Å². The van der Waals surface area contributed by atoms with Gasteiger partial charge in [0.25, 0.3) is 0 Å². The first kappa shape index (κ1) is 75.7. The molecular weight excluding hydrogens is 1290 g/mol. The van der Waals surface area contributed by atoms with Crippen LogP contribution < -0.4 is 59.3 Å². The Morgan fingerprint density at radius 3 is 1.85 bits per heavy atom. The number of hydrogen-bond acceptors (Lipinski definition) is 19. The van der Waals surface area contributed by atoms with E-state index < -0.39 is 180 Å². The first-order valence-corrected chi connectivity index (χ1v) is 33.6. The Kier molecular flexibility index (Phi) is 28.8. The van der Waals surface area contributed by atoms with Crippen LogP contribution in [-0.4, -0.2) is 210 Å². The van der Waals surface area contributed by atoms with Crippen molar-refractivity contribution >= 4 is 109 Å². The van der Waals surface area contributed by atoms with Gasteiger partial charge in [0.1, 0.15) is 66.2 Å². The molecule has 0 unspecified atom stereocenters. The van der Waals surface area contributed by atoms with Crippen molar-refractivity contribution in [2.75, 3.05) is 24.6 Å². The SMILES string of the molecule is CC(C)[C@H](NC(=O)[C@@H]1CSSC[C@H](NC(=O)[C@H](CC(=O)O)NC(=O)[C@@H]2CCCN2C(=O)[C@@H](NC(=O)[C@@H](N)CCC(=O)O)[C@@H](C)O)C(=O)N[C@@H](Cc2ccccc2)C(=O)N[C@@H](Cc2c[nH]c3ccccc23)C(=O)N[C@@H](CCCN)C(=O)N[C@@H](Cc2ccc(O)cc2)C(=O)N1)C(=O)O. The third-order valence-electron chi connectivity index (χ3n) is 15.9. The highest BCUT2D eigenvalue weighted by atomic mass is 33.1. The van der Waals surface area contributed by atoms with Crippen LogP contribution in [0.4, 0.5) is 0 Å². The second-order valence-corrected chi connectivity index (χ2v) is 26.2. The Hall–Kier alpha value is -9.31. The van der Waals surface area contributed by atoms with Crippen LogP contribution in [0.25, 0.3) is 10.9 Å². The fraction of sp³-hybridized carbons (Fsp3) is 0.476. The van der Waals surface area contributed by atoms with Gasteiger partial charge in [0.05, 0.1) is 18.6 Å². The summed E-state index contributed by atoms with van der Waals surface area (Å²) in [5.41, 5.74) is 13.9. The molecule has 19 N–H and O–H groups in total. The molecule has 3 aromatic carbocycles. The average molecular weight is 1370 g/mol. The van der Waals surface area contributed by atoms with E-state index in [2.05, 4.69) is 52.8 Å². The normalized spacial score (nSPS) is 21.7. The number of nitrogens with zero attached hydrogens (tertiary/aromatic N) is 1. The monoisotopic (exact) mass is 1370 g/mol. The molecule has 0 radical (unpaired) electrons. The van der Waals surface area contributed by atoms with Gasteiger partial charge in [-0.15, -0.1) is 0 Å². The van der Waals surface area contributed by atoms with Gasteiger partial charge in [-0.2, -0.15) is 0 Å². The summed E-state index contributed by atoms with van der Waals surface area (Å²) in [4.78, 5) is 185. The molecule has 2 aliphatic heterocycles. The number of amides is 10. The van der Waals surface area contributed by atoms with E-state index in [1.54, 1.807) is 60.8 Å². The second kappa shape index (κ2) is 36.5. The van der Waals surface area contributed by atoms with Gasteiger partial charge in [0.2, 0.25) is 59.1 Å². The number of phenols is 1. The van der Waals surface area contributed by atoms with E-state index in [0.29, 0.717) is 27.6 Å². The number of carboxylic acids is 3. The topological polar surface area (TPSA) is 502 Å². The molecule has 6 rings (SSSR count). The quantitative estimate of drug-likeness (QED) is 0.0308. The molecule has 2 saturated heterocycles. The Labute approximate surface area is 559 Å². The van der Waals surface area contributed by atoms with Crippen LogP contribution in [-0.2, 0) is 81.6 Å². The van der Waals surface area contributed by atoms with Crippen LogP contribution in [0.5, 0.6) is 5.75 Å². The lowest BCUT2D eigenvalue weighted by Gasteiger charge is -2.31. The number of aliphatic hydroxyl groups is 1. The number of phenolic OH excluding ortho intramolecular Hbond substituents is 1. The summed E-state index contributed by atoms with van der Waals surface area (Å²) >= 11 is 0. The number of likely N-dealkylation sites (tertiary alicyclic amines) is 1. The van der Waals surface area contributed by atoms with Gasteiger partial charge in [-0.3, -0.25) is 57.5 Å². The number of fused-ring (bicyclic) bond motifs is 1. The van der Waals surface area contributed by atoms with Crippen molar-refractivity contribution in [2.24, 2.45) is 17.4 Å². The molecule has 0 aliphatic carbocycles. The first-order valence-electron chi connectivity index (χ1n) is 31.1. The summed E-state index contributed by atoms with van der Waals surface area (Å²) in [5, 5.41) is 73.9. The number of nitrogens with one attached hydrogen (secondary N) is 10. The molecule has 3 heterocycles. The Morgan fingerprint density at radius 1 is 0.656 bits per heavy atom. The van der Waals surface area contributed by atoms with E-state index in [0.717, 1.165) is 26.5 Å². The van der Waals surface area contributed by atoms with E-state index in [1.165, 1.54) is 45.0 Å². The molecule has 2 aliphatic rings. The third-order valence-corrected chi connectivity index (χ3v) is 18.4. The summed E-state index contributed by atoms with van der Waals surface area (Å²) in [6.07, 6.45) is -2.43. The minimum absolute atomic E-state index is 0.0402. The van der Waals surface area contributed by atoms with E-state index >= 15 is 9.59 Å². The molecule has 0 bridgehead atoms. The average Bonchev–Trinajstić information content (AvgIpc) is 1.62. The third kappa shape index (κ3) is 22.4. The van der Waals surface area contributed by atoms with Crippen molar-refractivity contribution < 1.29 is 87.9 Å². The highest BCUT2D eigenvalue weighted by Gasteiger charge is 2.42. The van der Waals surface area contributed by atoms with Gasteiger partial charge in [-0.05, 0) is 86.4 Å². The van der Waals surface area contributed by atoms with Gasteiger partial charge in [-0.25, -0.2) is 4.79 Å². The van der Waals surface area contributed by atoms with E-state index in [4.69, 9.17) is 16.6 Å². The number of carboxylic acid groups (broad SMARTS) is 3. The number of rotatable bonds is 26. The Morgan fingerprint density at radius 2 is 1.24 bits per heavy atom. The van der Waals surface area contributed by atoms with Crippen LogP contribution >= 0.6 is 21.6 Å². The standard InChI is InChI=1S/C63H83N13O18S2/c1-32(2)51(63(93)94)74-60(90)47-31-96-95-30-46(72-58(88)45(28-50(81)82)71-61(91)48-16-10-24-76(48)62(92)52(33(3)77)75-53(83)39(65)21-22-49(79)80)59(89)69-42(25-34-11-5-4-6-12-34)55(85)70-44(27-36-29-66-40-14-8-7-13-38(36)40)57(87)67-41(15-9-23-64)54(84)68-43(56(86)73-47)26-35-17-19-37(78)20-18-35/h4-8,11-14,17-20,29,32-33,39,41-48,51-52,66,77-78H,9-10,15-16,21-28,30-31,64-65H2,1-3H3,(H,67,87)(H,68,84)(H,69,89)(H,70,85)(H,71,91)(H,72,88)(H,73,86)(H,74,90)(H,75,83)(H,79,80)(H,81,82)(H,93,94)/t33-,39+,41+,42+,43+,44+,45+,46+,47+,48+,51+,52+/m1/s1. The lowest BCUT2D eigenvalue weighted by Crippen LogP contribution is -2.62. The predicted molar refractivity (Wildman–Crippen MR) is 351 cm³/mol. The highest BCUT2D eigenvalue weighted by Crippen LogP contribution is 2.26. The second-order valence-electron chi connectivity index (χ2n) is 23.7. The van der Waals surface area contributed by atoms with E-state index in [-0.39, 0.29) is 70.2 Å². The number of H-pyrrole nitrogens is 1. The van der Waals surface area contributed by atoms with Crippen molar-refractivity contribution in [3.05, 3.63) is 102 Å². The van der Waals surface area contributed by atoms with Crippen molar-refractivity contribution in [1.29, 1.82) is 0 Å². The molecule has 33 heteroatoms. The number of aliphatic carboxylic acids is 3. The zero-order valence-corrected chi connectivity index (χ0v) is 54.6. The van der Waals surface area contributed by atoms with E-state index in [9.17, 15) is 73.2 Å². The van der Waals surface area contributed by atoms with Crippen LogP contribution in [0, 0.1) is 5.92 Å². The number of benzene rings is 3. The number of aliphatic hydroxyl groups excluding tert-OH is 1. The Balaban J connectivity index is 1.40. The van der Waals surface area contributed by atoms with Gasteiger partial charge < -0.3 is 94.7 Å². The number of nitrogens with two attached hydrogens (primary N) is 2. The van der Waals surface area contributed by atoms with Gasteiger partial charge >= 0.3 is 17.9 Å². The largest absolute Gasteiger partial charge is 0.508 e. The fourth-order valence-electron chi connectivity index (χ4n) is 10.6. The number of aromatic hydroxyl groups is 1. The summed E-state index contributed by atoms with van der Waals surface area (Å²) in [7, 11) is 1.65. The van der Waals surface area contributed by atoms with Crippen molar-refractivity contribution in [2.45, 2.75) is 158 Å². The zero-order chi connectivity index (χ0) is 70.3. The molecule has 0 spiro atoms. The Bertz CT molecular complexity index is 3430. The lowest BCUT2D eigenvalue weighted by atomic mass is 10.0. The molecule has 10 amide bonds. The molecule has 12 atom stereocenters. The highest BCUT2D eigenvalue weighted by molar-refractivity contribution is 8.76. The van der Waals surface area contributed by atoms with Crippen molar-refractivity contribution in [3.8, 4) is 5.75 Å². The molecule has 2 fully saturated rings. The number of carbonyl (C=O) groups excluding carboxylic acids is 10. The van der Waals surface area contributed by atoms with Gasteiger partial charge in [-0.1, -0.05) is 96.1 Å². The molecule has 0 saturated carbocycles. The fourth-order valence-corrected chi connectivity index (χ4v) is 13.0. The minimum atomic E-state index is -2.00. The first-order chi connectivity index (χ1) is 45.6. The summed E-state index contributed by atoms with van der Waals surface area (Å²) < 4.78 is 0. The number of aromatic amines is 1. The number of para-hydroxylation sites is 1. The molecule has 1 aromatic heterocycles. The number of hydrogen-bond donors (Lipinski definition) is 17. The van der Waals surface area contributed by atoms with Gasteiger partial charge in [0.15, 0.2) is 0 Å².